The summed E-state index contributed by atoms with van der Waals surface area (Å²) in [5.74, 6) is -0.709. The zero-order chi connectivity index (χ0) is 28.4. The van der Waals surface area contributed by atoms with E-state index in [0.29, 0.717) is 18.7 Å². The van der Waals surface area contributed by atoms with Gasteiger partial charge in [0.05, 0.1) is 11.9 Å². The van der Waals surface area contributed by atoms with Gasteiger partial charge in [-0.2, -0.15) is 0 Å². The Hall–Kier alpha value is -2.92. The number of nitrogens with one attached hydrogen (secondary N) is 1. The molecule has 39 heavy (non-hydrogen) atoms. The van der Waals surface area contributed by atoms with Crippen LogP contribution in [0.4, 0.5) is 5.69 Å². The van der Waals surface area contributed by atoms with Crippen molar-refractivity contribution in [3.05, 3.63) is 99.1 Å². The maximum Gasteiger partial charge on any atom is 0.244 e. The van der Waals surface area contributed by atoms with Crippen molar-refractivity contribution in [2.24, 2.45) is 0 Å². The standard InChI is InChI=1S/C30H36IN3O4S/c1-4-5-19-32-30(36)28(20-24-9-7-6-8-10-24)33(21-25-13-11-23(2)12-14-25)29(35)22-34(39(3,37)38)27-17-15-26(31)16-18-27/h6-18,28H,4-5,19-22H2,1-3H3,(H,32,36). The number of nitrogens with zero attached hydrogens (tertiary/aromatic N) is 2. The molecule has 0 aromatic heterocycles. The lowest BCUT2D eigenvalue weighted by molar-refractivity contribution is -0.140. The quantitative estimate of drug-likeness (QED) is 0.208. The molecule has 0 spiro atoms. The molecule has 0 aliphatic heterocycles. The second kappa shape index (κ2) is 14.5. The maximum absolute atomic E-state index is 14.0. The molecule has 0 radical (unpaired) electrons. The lowest BCUT2D eigenvalue weighted by Gasteiger charge is -2.33. The predicted molar refractivity (Wildman–Crippen MR) is 165 cm³/mol. The predicted octanol–water partition coefficient (Wildman–Crippen LogP) is 4.92. The molecule has 0 bridgehead atoms. The molecule has 0 heterocycles. The molecule has 208 valence electrons. The van der Waals surface area contributed by atoms with E-state index >= 15 is 0 Å². The van der Waals surface area contributed by atoms with E-state index in [9.17, 15) is 18.0 Å². The summed E-state index contributed by atoms with van der Waals surface area (Å²) in [4.78, 5) is 29.1. The number of sulfonamides is 1. The first-order chi connectivity index (χ1) is 18.6. The molecular formula is C30H36IN3O4S. The van der Waals surface area contributed by atoms with E-state index in [1.54, 1.807) is 24.3 Å². The maximum atomic E-state index is 14.0. The first-order valence-electron chi connectivity index (χ1n) is 13.0. The molecule has 0 aliphatic carbocycles. The van der Waals surface area contributed by atoms with Gasteiger partial charge in [-0.1, -0.05) is 73.5 Å². The van der Waals surface area contributed by atoms with Crippen LogP contribution in [0.2, 0.25) is 0 Å². The van der Waals surface area contributed by atoms with Crippen LogP contribution in [0.5, 0.6) is 0 Å². The van der Waals surface area contributed by atoms with Crippen LogP contribution < -0.4 is 9.62 Å². The van der Waals surface area contributed by atoms with Gasteiger partial charge in [0.1, 0.15) is 12.6 Å². The Balaban J connectivity index is 2.01. The Morgan fingerprint density at radius 2 is 1.56 bits per heavy atom. The number of carbonyl (C=O) groups excluding carboxylic acids is 2. The van der Waals surface area contributed by atoms with E-state index in [0.717, 1.165) is 43.7 Å². The molecule has 2 amide bonds. The summed E-state index contributed by atoms with van der Waals surface area (Å²) in [5.41, 5.74) is 3.24. The number of carbonyl (C=O) groups is 2. The van der Waals surface area contributed by atoms with Crippen LogP contribution in [0.15, 0.2) is 78.9 Å². The summed E-state index contributed by atoms with van der Waals surface area (Å²) < 4.78 is 27.7. The molecule has 3 aromatic rings. The summed E-state index contributed by atoms with van der Waals surface area (Å²) in [7, 11) is -3.78. The molecule has 1 atom stereocenters. The molecule has 7 nitrogen and oxygen atoms in total. The van der Waals surface area contributed by atoms with Gasteiger partial charge in [0.25, 0.3) is 0 Å². The molecule has 3 rings (SSSR count). The van der Waals surface area contributed by atoms with Crippen molar-refractivity contribution in [1.29, 1.82) is 0 Å². The third-order valence-corrected chi connectivity index (χ3v) is 8.23. The number of unbranched alkanes of at least 4 members (excludes halogenated alkanes) is 1. The average Bonchev–Trinajstić information content (AvgIpc) is 2.91. The number of hydrogen-bond donors (Lipinski definition) is 1. The molecule has 9 heteroatoms. The van der Waals surface area contributed by atoms with E-state index in [1.165, 1.54) is 4.90 Å². The number of amides is 2. The third-order valence-electron chi connectivity index (χ3n) is 6.37. The fourth-order valence-corrected chi connectivity index (χ4v) is 5.38. The van der Waals surface area contributed by atoms with Crippen molar-refractivity contribution < 1.29 is 18.0 Å². The lowest BCUT2D eigenvalue weighted by Crippen LogP contribution is -2.53. The lowest BCUT2D eigenvalue weighted by atomic mass is 10.0. The highest BCUT2D eigenvalue weighted by Crippen LogP contribution is 2.21. The van der Waals surface area contributed by atoms with Crippen LogP contribution in [0.3, 0.4) is 0 Å². The highest BCUT2D eigenvalue weighted by atomic mass is 127. The number of hydrogen-bond acceptors (Lipinski definition) is 4. The van der Waals surface area contributed by atoms with Crippen molar-refractivity contribution in [3.63, 3.8) is 0 Å². The molecule has 1 N–H and O–H groups in total. The molecule has 1 unspecified atom stereocenters. The minimum Gasteiger partial charge on any atom is -0.354 e. The van der Waals surface area contributed by atoms with E-state index in [2.05, 4.69) is 27.9 Å². The van der Waals surface area contributed by atoms with Crippen LogP contribution in [-0.4, -0.2) is 50.5 Å². The number of aryl methyl sites for hydroxylation is 1. The van der Waals surface area contributed by atoms with Crippen LogP contribution >= 0.6 is 22.6 Å². The van der Waals surface area contributed by atoms with Crippen LogP contribution in [0, 0.1) is 10.5 Å². The summed E-state index contributed by atoms with van der Waals surface area (Å²) >= 11 is 2.14. The Morgan fingerprint density at radius 3 is 2.15 bits per heavy atom. The zero-order valence-electron chi connectivity index (χ0n) is 22.6. The topological polar surface area (TPSA) is 86.8 Å². The second-order valence-corrected chi connectivity index (χ2v) is 12.8. The zero-order valence-corrected chi connectivity index (χ0v) is 25.6. The monoisotopic (exact) mass is 661 g/mol. The van der Waals surface area contributed by atoms with Gasteiger partial charge in [0.15, 0.2) is 0 Å². The van der Waals surface area contributed by atoms with E-state index in [-0.39, 0.29) is 12.5 Å². The normalized spacial score (nSPS) is 12.0. The first kappa shape index (κ1) is 30.6. The van der Waals surface area contributed by atoms with Gasteiger partial charge in [0.2, 0.25) is 21.8 Å². The summed E-state index contributed by atoms with van der Waals surface area (Å²) in [6.07, 6.45) is 3.14. The van der Waals surface area contributed by atoms with Crippen LogP contribution in [0.1, 0.15) is 36.5 Å². The molecular weight excluding hydrogens is 625 g/mol. The summed E-state index contributed by atoms with van der Waals surface area (Å²) in [6.45, 7) is 4.29. The number of halogens is 1. The van der Waals surface area contributed by atoms with Crippen LogP contribution in [-0.2, 0) is 32.6 Å². The molecule has 3 aromatic carbocycles. The minimum atomic E-state index is -3.78. The number of benzene rings is 3. The highest BCUT2D eigenvalue weighted by Gasteiger charge is 2.32. The van der Waals surface area contributed by atoms with E-state index in [4.69, 9.17) is 0 Å². The Morgan fingerprint density at radius 1 is 0.923 bits per heavy atom. The van der Waals surface area contributed by atoms with Gasteiger partial charge in [-0.25, -0.2) is 8.42 Å². The summed E-state index contributed by atoms with van der Waals surface area (Å²) in [6, 6.07) is 23.4. The van der Waals surface area contributed by atoms with Gasteiger partial charge in [-0.05, 0) is 71.3 Å². The van der Waals surface area contributed by atoms with E-state index < -0.39 is 28.5 Å². The van der Waals surface area contributed by atoms with Crippen molar-refractivity contribution in [2.45, 2.75) is 45.7 Å². The largest absolute Gasteiger partial charge is 0.354 e. The highest BCUT2D eigenvalue weighted by molar-refractivity contribution is 14.1. The van der Waals surface area contributed by atoms with Gasteiger partial charge in [-0.15, -0.1) is 0 Å². The van der Waals surface area contributed by atoms with Crippen molar-refractivity contribution in [1.82, 2.24) is 10.2 Å². The van der Waals surface area contributed by atoms with E-state index in [1.807, 2.05) is 68.4 Å². The molecule has 0 fully saturated rings. The Labute approximate surface area is 245 Å². The van der Waals surface area contributed by atoms with Crippen molar-refractivity contribution >= 4 is 50.1 Å². The summed E-state index contributed by atoms with van der Waals surface area (Å²) in [5, 5.41) is 2.99. The fourth-order valence-electron chi connectivity index (χ4n) is 4.17. The third kappa shape index (κ3) is 9.35. The van der Waals surface area contributed by atoms with Crippen molar-refractivity contribution in [3.8, 4) is 0 Å². The Bertz CT molecular complexity index is 1330. The van der Waals surface area contributed by atoms with Gasteiger partial charge in [-0.3, -0.25) is 13.9 Å². The average molecular weight is 662 g/mol. The Kier molecular flexibility index (Phi) is 11.4. The fraction of sp³-hybridized carbons (Fsp3) is 0.333. The van der Waals surface area contributed by atoms with Gasteiger partial charge < -0.3 is 10.2 Å². The van der Waals surface area contributed by atoms with Crippen molar-refractivity contribution in [2.75, 3.05) is 23.7 Å². The number of rotatable bonds is 13. The second-order valence-electron chi connectivity index (χ2n) is 9.60. The minimum absolute atomic E-state index is 0.169. The first-order valence-corrected chi connectivity index (χ1v) is 15.9. The smallest absolute Gasteiger partial charge is 0.244 e. The number of anilines is 1. The molecule has 0 saturated carbocycles. The van der Waals surface area contributed by atoms with Crippen LogP contribution in [0.25, 0.3) is 0 Å². The molecule has 0 saturated heterocycles. The van der Waals surface area contributed by atoms with Gasteiger partial charge >= 0.3 is 0 Å². The van der Waals surface area contributed by atoms with Gasteiger partial charge in [0, 0.05) is 23.1 Å². The molecule has 0 aliphatic rings. The SMILES string of the molecule is CCCCNC(=O)C(Cc1ccccc1)N(Cc1ccc(C)cc1)C(=O)CN(c1ccc(I)cc1)S(C)(=O)=O.